The molecule has 0 aliphatic heterocycles. The van der Waals surface area contributed by atoms with Crippen LogP contribution in [0.15, 0.2) is 24.3 Å². The number of ether oxygens (including phenoxy) is 1. The number of aromatic carboxylic acids is 1. The van der Waals surface area contributed by atoms with E-state index < -0.39 is 15.8 Å². The van der Waals surface area contributed by atoms with Gasteiger partial charge in [-0.15, -0.1) is 0 Å². The molecule has 0 aliphatic carbocycles. The maximum Gasteiger partial charge on any atom is 0.335 e. The fourth-order valence-corrected chi connectivity index (χ4v) is 3.31. The molecular formula is C12H16O5S2. The third-order valence-electron chi connectivity index (χ3n) is 2.20. The molecule has 0 fully saturated rings. The average molecular weight is 304 g/mol. The fraction of sp³-hybridized carbons (Fsp3) is 0.417. The second-order valence-electron chi connectivity index (χ2n) is 3.92. The minimum absolute atomic E-state index is 0.172. The topological polar surface area (TPSA) is 80.7 Å². The lowest BCUT2D eigenvalue weighted by Gasteiger charge is -2.06. The molecule has 0 heterocycles. The molecule has 0 spiro atoms. The van der Waals surface area contributed by atoms with E-state index in [1.165, 1.54) is 30.2 Å². The molecule has 0 unspecified atom stereocenters. The average Bonchev–Trinajstić information content (AvgIpc) is 2.33. The van der Waals surface area contributed by atoms with Crippen LogP contribution in [-0.2, 0) is 9.84 Å². The molecule has 106 valence electrons. The van der Waals surface area contributed by atoms with Gasteiger partial charge in [0, 0.05) is 17.8 Å². The van der Waals surface area contributed by atoms with Crippen LogP contribution in [0, 0.1) is 0 Å². The molecule has 0 atom stereocenters. The van der Waals surface area contributed by atoms with E-state index in [1.54, 1.807) is 12.1 Å². The second kappa shape index (κ2) is 7.40. The Kier molecular flexibility index (Phi) is 6.17. The lowest BCUT2D eigenvalue weighted by molar-refractivity contribution is 0.0697. The molecule has 0 aromatic heterocycles. The number of thioether (sulfide) groups is 1. The van der Waals surface area contributed by atoms with Gasteiger partial charge in [-0.3, -0.25) is 0 Å². The maximum absolute atomic E-state index is 10.9. The van der Waals surface area contributed by atoms with Crippen molar-refractivity contribution in [2.24, 2.45) is 0 Å². The molecule has 1 aromatic carbocycles. The minimum atomic E-state index is -2.89. The molecule has 19 heavy (non-hydrogen) atoms. The lowest BCUT2D eigenvalue weighted by atomic mass is 10.2. The first-order valence-electron chi connectivity index (χ1n) is 5.60. The van der Waals surface area contributed by atoms with Gasteiger partial charge < -0.3 is 9.84 Å². The molecule has 1 aromatic rings. The third kappa shape index (κ3) is 7.07. The zero-order valence-electron chi connectivity index (χ0n) is 10.5. The predicted molar refractivity (Wildman–Crippen MR) is 75.9 cm³/mol. The Balaban J connectivity index is 2.21. The van der Waals surface area contributed by atoms with Crippen molar-refractivity contribution < 1.29 is 23.1 Å². The first kappa shape index (κ1) is 15.8. The van der Waals surface area contributed by atoms with Gasteiger partial charge in [-0.05, 0) is 24.3 Å². The monoisotopic (exact) mass is 304 g/mol. The zero-order chi connectivity index (χ0) is 14.3. The molecule has 0 aliphatic rings. The Bertz CT molecular complexity index is 507. The minimum Gasteiger partial charge on any atom is -0.493 e. The molecule has 0 saturated heterocycles. The van der Waals surface area contributed by atoms with Crippen LogP contribution in [-0.4, -0.2) is 49.6 Å². The molecule has 1 rings (SSSR count). The summed E-state index contributed by atoms with van der Waals surface area (Å²) >= 11 is 1.51. The number of rotatable bonds is 8. The van der Waals surface area contributed by atoms with Crippen molar-refractivity contribution in [3.05, 3.63) is 29.8 Å². The van der Waals surface area contributed by atoms with E-state index in [4.69, 9.17) is 9.84 Å². The predicted octanol–water partition coefficient (Wildman–Crippen LogP) is 1.54. The first-order valence-corrected chi connectivity index (χ1v) is 8.81. The van der Waals surface area contributed by atoms with Crippen LogP contribution in [0.2, 0.25) is 0 Å². The van der Waals surface area contributed by atoms with E-state index in [-0.39, 0.29) is 11.3 Å². The van der Waals surface area contributed by atoms with Gasteiger partial charge >= 0.3 is 5.97 Å². The van der Waals surface area contributed by atoms with Crippen molar-refractivity contribution in [2.45, 2.75) is 0 Å². The number of carboxylic acids is 1. The number of benzene rings is 1. The summed E-state index contributed by atoms with van der Waals surface area (Å²) in [6.45, 7) is 0.459. The van der Waals surface area contributed by atoms with E-state index in [2.05, 4.69) is 0 Å². The van der Waals surface area contributed by atoms with Crippen LogP contribution < -0.4 is 4.74 Å². The number of hydrogen-bond donors (Lipinski definition) is 1. The summed E-state index contributed by atoms with van der Waals surface area (Å²) in [5.74, 6) is 1.05. The highest BCUT2D eigenvalue weighted by atomic mass is 32.2. The van der Waals surface area contributed by atoms with Gasteiger partial charge in [0.1, 0.15) is 15.6 Å². The van der Waals surface area contributed by atoms with E-state index in [0.29, 0.717) is 23.9 Å². The summed E-state index contributed by atoms with van der Waals surface area (Å²) in [5.41, 5.74) is 0.217. The van der Waals surface area contributed by atoms with Crippen molar-refractivity contribution in [2.75, 3.05) is 30.1 Å². The highest BCUT2D eigenvalue weighted by Gasteiger charge is 2.03. The second-order valence-corrected chi connectivity index (χ2v) is 7.40. The summed E-state index contributed by atoms with van der Waals surface area (Å²) in [7, 11) is -2.89. The SMILES string of the molecule is CS(=O)(=O)CCSCCOc1ccc(C(=O)O)cc1. The van der Waals surface area contributed by atoms with Crippen molar-refractivity contribution in [3.8, 4) is 5.75 Å². The summed E-state index contributed by atoms with van der Waals surface area (Å²) < 4.78 is 27.2. The molecule has 0 radical (unpaired) electrons. The Hall–Kier alpha value is -1.21. The summed E-state index contributed by atoms with van der Waals surface area (Å²) in [6.07, 6.45) is 1.22. The largest absolute Gasteiger partial charge is 0.493 e. The van der Waals surface area contributed by atoms with E-state index >= 15 is 0 Å². The first-order chi connectivity index (χ1) is 8.88. The maximum atomic E-state index is 10.9. The van der Waals surface area contributed by atoms with Gasteiger partial charge in [-0.1, -0.05) is 0 Å². The number of sulfone groups is 1. The van der Waals surface area contributed by atoms with Gasteiger partial charge in [0.05, 0.1) is 17.9 Å². The Morgan fingerprint density at radius 3 is 2.42 bits per heavy atom. The highest BCUT2D eigenvalue weighted by Crippen LogP contribution is 2.12. The van der Waals surface area contributed by atoms with Crippen molar-refractivity contribution in [3.63, 3.8) is 0 Å². The number of hydrogen-bond acceptors (Lipinski definition) is 5. The smallest absolute Gasteiger partial charge is 0.335 e. The van der Waals surface area contributed by atoms with Crippen LogP contribution in [0.25, 0.3) is 0 Å². The molecule has 7 heteroatoms. The van der Waals surface area contributed by atoms with Crippen LogP contribution in [0.1, 0.15) is 10.4 Å². The van der Waals surface area contributed by atoms with Crippen LogP contribution in [0.4, 0.5) is 0 Å². The van der Waals surface area contributed by atoms with Gasteiger partial charge in [0.15, 0.2) is 0 Å². The van der Waals surface area contributed by atoms with Crippen molar-refractivity contribution >= 4 is 27.6 Å². The highest BCUT2D eigenvalue weighted by molar-refractivity contribution is 8.00. The number of carbonyl (C=O) groups is 1. The van der Waals surface area contributed by atoms with E-state index in [9.17, 15) is 13.2 Å². The standard InChI is InChI=1S/C12H16O5S2/c1-19(15,16)9-8-18-7-6-17-11-4-2-10(3-5-11)12(13)14/h2-5H,6-9H2,1H3,(H,13,14). The molecule has 0 amide bonds. The van der Waals surface area contributed by atoms with Gasteiger partial charge in [-0.25, -0.2) is 13.2 Å². The van der Waals surface area contributed by atoms with Gasteiger partial charge in [0.2, 0.25) is 0 Å². The van der Waals surface area contributed by atoms with Crippen molar-refractivity contribution in [1.29, 1.82) is 0 Å². The lowest BCUT2D eigenvalue weighted by Crippen LogP contribution is -2.07. The van der Waals surface area contributed by atoms with E-state index in [0.717, 1.165) is 0 Å². The molecule has 5 nitrogen and oxygen atoms in total. The normalized spacial score (nSPS) is 11.2. The quantitative estimate of drug-likeness (QED) is 0.734. The van der Waals surface area contributed by atoms with Crippen LogP contribution in [0.3, 0.4) is 0 Å². The van der Waals surface area contributed by atoms with Crippen molar-refractivity contribution in [1.82, 2.24) is 0 Å². The van der Waals surface area contributed by atoms with E-state index in [1.807, 2.05) is 0 Å². The van der Waals surface area contributed by atoms with Gasteiger partial charge in [0.25, 0.3) is 0 Å². The zero-order valence-corrected chi connectivity index (χ0v) is 12.2. The molecule has 1 N–H and O–H groups in total. The molecule has 0 saturated carbocycles. The van der Waals surface area contributed by atoms with Crippen LogP contribution >= 0.6 is 11.8 Å². The van der Waals surface area contributed by atoms with Crippen LogP contribution in [0.5, 0.6) is 5.75 Å². The fourth-order valence-electron chi connectivity index (χ4n) is 1.22. The molecule has 0 bridgehead atoms. The van der Waals surface area contributed by atoms with Gasteiger partial charge in [-0.2, -0.15) is 11.8 Å². The Morgan fingerprint density at radius 1 is 1.26 bits per heavy atom. The summed E-state index contributed by atoms with van der Waals surface area (Å²) in [5, 5.41) is 8.72. The Labute approximate surface area is 116 Å². The third-order valence-corrected chi connectivity index (χ3v) is 4.35. The number of carboxylic acid groups (broad SMARTS) is 1. The summed E-state index contributed by atoms with van der Waals surface area (Å²) in [4.78, 5) is 10.6. The Morgan fingerprint density at radius 2 is 1.89 bits per heavy atom. The summed E-state index contributed by atoms with van der Waals surface area (Å²) in [6, 6.07) is 6.16. The molecular weight excluding hydrogens is 288 g/mol.